The van der Waals surface area contributed by atoms with E-state index in [1.54, 1.807) is 12.1 Å². The van der Waals surface area contributed by atoms with Crippen molar-refractivity contribution in [3.05, 3.63) is 50.7 Å². The zero-order valence-corrected chi connectivity index (χ0v) is 15.8. The number of nitrogens with zero attached hydrogens (tertiary/aromatic N) is 4. The van der Waals surface area contributed by atoms with Crippen LogP contribution in [-0.2, 0) is 24.1 Å². The van der Waals surface area contributed by atoms with E-state index in [9.17, 15) is 23.1 Å². The second kappa shape index (κ2) is 7.12. The lowest BCUT2D eigenvalue weighted by Gasteiger charge is -2.15. The van der Waals surface area contributed by atoms with Gasteiger partial charge in [0.15, 0.2) is 0 Å². The van der Waals surface area contributed by atoms with Crippen molar-refractivity contribution in [2.24, 2.45) is 19.1 Å². The summed E-state index contributed by atoms with van der Waals surface area (Å²) in [5.74, 6) is -0.507. The first-order valence-electron chi connectivity index (χ1n) is 8.37. The predicted octanol–water partition coefficient (Wildman–Crippen LogP) is 0.325. The minimum Gasteiger partial charge on any atom is -0.494 e. The molecule has 2 aromatic rings. The van der Waals surface area contributed by atoms with Gasteiger partial charge in [-0.05, 0) is 31.0 Å². The lowest BCUT2D eigenvalue weighted by Crippen LogP contribution is -2.38. The van der Waals surface area contributed by atoms with E-state index in [1.165, 1.54) is 30.5 Å². The number of rotatable bonds is 4. The quantitative estimate of drug-likeness (QED) is 0.753. The lowest BCUT2D eigenvalue weighted by atomic mass is 10.3. The van der Waals surface area contributed by atoms with E-state index in [0.29, 0.717) is 18.8 Å². The molecule has 2 heterocycles. The molecule has 10 heteroatoms. The van der Waals surface area contributed by atoms with Crippen molar-refractivity contribution in [3.63, 3.8) is 0 Å². The van der Waals surface area contributed by atoms with Crippen LogP contribution in [0, 0.1) is 0 Å². The Labute approximate surface area is 155 Å². The number of aliphatic imine (C=N–C) groups is 1. The van der Waals surface area contributed by atoms with Gasteiger partial charge in [0.1, 0.15) is 5.56 Å². The van der Waals surface area contributed by atoms with Crippen LogP contribution in [-0.4, -0.2) is 46.3 Å². The number of benzene rings is 1. The molecular weight excluding hydrogens is 372 g/mol. The standard InChI is InChI=1S/C17H20N4O5S/c1-19-15(22)14(16(23)20(2)17(19)24)11-18-12-6-5-7-13(10-12)27(25,26)21-8-3-4-9-21/h5-7,10-11,22H,3-4,8-9H2,1-2H3. The van der Waals surface area contributed by atoms with Gasteiger partial charge in [-0.3, -0.25) is 18.9 Å². The smallest absolute Gasteiger partial charge is 0.333 e. The average molecular weight is 392 g/mol. The zero-order chi connectivity index (χ0) is 19.8. The molecule has 0 spiro atoms. The first-order valence-corrected chi connectivity index (χ1v) is 9.81. The van der Waals surface area contributed by atoms with E-state index in [0.717, 1.165) is 28.2 Å². The van der Waals surface area contributed by atoms with E-state index >= 15 is 0 Å². The van der Waals surface area contributed by atoms with E-state index in [2.05, 4.69) is 4.99 Å². The van der Waals surface area contributed by atoms with E-state index in [4.69, 9.17) is 0 Å². The second-order valence-electron chi connectivity index (χ2n) is 6.31. The predicted molar refractivity (Wildman–Crippen MR) is 100 cm³/mol. The highest BCUT2D eigenvalue weighted by molar-refractivity contribution is 7.89. The molecule has 27 heavy (non-hydrogen) atoms. The molecule has 0 radical (unpaired) electrons. The molecule has 1 aliphatic heterocycles. The molecule has 0 amide bonds. The summed E-state index contributed by atoms with van der Waals surface area (Å²) in [5.41, 5.74) is -1.20. The summed E-state index contributed by atoms with van der Waals surface area (Å²) in [5, 5.41) is 10.0. The summed E-state index contributed by atoms with van der Waals surface area (Å²) < 4.78 is 28.5. The summed E-state index contributed by atoms with van der Waals surface area (Å²) in [6, 6.07) is 6.06. The molecule has 1 saturated heterocycles. The van der Waals surface area contributed by atoms with Gasteiger partial charge in [-0.25, -0.2) is 13.2 Å². The Balaban J connectivity index is 1.99. The Kier molecular flexibility index (Phi) is 5.03. The molecule has 0 unspecified atom stereocenters. The van der Waals surface area contributed by atoms with Crippen LogP contribution in [0.4, 0.5) is 5.69 Å². The van der Waals surface area contributed by atoms with Gasteiger partial charge in [-0.15, -0.1) is 0 Å². The molecule has 1 aromatic carbocycles. The van der Waals surface area contributed by atoms with Crippen LogP contribution in [0.1, 0.15) is 18.4 Å². The van der Waals surface area contributed by atoms with Crippen molar-refractivity contribution < 1.29 is 13.5 Å². The number of hydrogen-bond acceptors (Lipinski definition) is 6. The fraction of sp³-hybridized carbons (Fsp3) is 0.353. The highest BCUT2D eigenvalue weighted by Crippen LogP contribution is 2.24. The Bertz CT molecular complexity index is 1120. The third-order valence-electron chi connectivity index (χ3n) is 4.53. The third-order valence-corrected chi connectivity index (χ3v) is 6.43. The molecule has 0 aliphatic carbocycles. The fourth-order valence-electron chi connectivity index (χ4n) is 2.91. The monoisotopic (exact) mass is 392 g/mol. The molecule has 9 nitrogen and oxygen atoms in total. The van der Waals surface area contributed by atoms with Crippen molar-refractivity contribution in [1.82, 2.24) is 13.4 Å². The lowest BCUT2D eigenvalue weighted by molar-refractivity contribution is 0.410. The van der Waals surface area contributed by atoms with Crippen molar-refractivity contribution in [3.8, 4) is 5.88 Å². The van der Waals surface area contributed by atoms with Gasteiger partial charge < -0.3 is 5.11 Å². The number of aromatic hydroxyl groups is 1. The van der Waals surface area contributed by atoms with Crippen molar-refractivity contribution in [1.29, 1.82) is 0 Å². The maximum atomic E-state index is 12.6. The maximum Gasteiger partial charge on any atom is 0.333 e. The molecule has 0 saturated carbocycles. The topological polar surface area (TPSA) is 114 Å². The minimum atomic E-state index is -3.58. The van der Waals surface area contributed by atoms with E-state index in [-0.39, 0.29) is 10.5 Å². The summed E-state index contributed by atoms with van der Waals surface area (Å²) in [7, 11) is -0.953. The molecule has 0 atom stereocenters. The minimum absolute atomic E-state index is 0.122. The fourth-order valence-corrected chi connectivity index (χ4v) is 4.47. The second-order valence-corrected chi connectivity index (χ2v) is 8.25. The normalized spacial score (nSPS) is 15.6. The van der Waals surface area contributed by atoms with Gasteiger partial charge in [-0.1, -0.05) is 6.07 Å². The molecule has 1 N–H and O–H groups in total. The Morgan fingerprint density at radius 1 is 1.11 bits per heavy atom. The Hall–Kier alpha value is -2.72. The third kappa shape index (κ3) is 3.45. The number of hydrogen-bond donors (Lipinski definition) is 1. The first-order chi connectivity index (χ1) is 12.7. The van der Waals surface area contributed by atoms with E-state index < -0.39 is 27.2 Å². The molecule has 3 rings (SSSR count). The molecule has 1 aromatic heterocycles. The van der Waals surface area contributed by atoms with Crippen LogP contribution in [0.3, 0.4) is 0 Å². The maximum absolute atomic E-state index is 12.6. The van der Waals surface area contributed by atoms with Gasteiger partial charge in [-0.2, -0.15) is 4.31 Å². The Morgan fingerprint density at radius 2 is 1.78 bits per heavy atom. The van der Waals surface area contributed by atoms with Crippen LogP contribution in [0.5, 0.6) is 5.88 Å². The van der Waals surface area contributed by atoms with Crippen molar-refractivity contribution >= 4 is 21.9 Å². The summed E-state index contributed by atoms with van der Waals surface area (Å²) in [4.78, 5) is 28.2. The zero-order valence-electron chi connectivity index (χ0n) is 15.0. The average Bonchev–Trinajstić information content (AvgIpc) is 3.21. The van der Waals surface area contributed by atoms with Gasteiger partial charge in [0.25, 0.3) is 5.56 Å². The summed E-state index contributed by atoms with van der Waals surface area (Å²) in [6.07, 6.45) is 2.80. The van der Waals surface area contributed by atoms with E-state index in [1.807, 2.05) is 0 Å². The number of sulfonamides is 1. The highest BCUT2D eigenvalue weighted by Gasteiger charge is 2.27. The van der Waals surface area contributed by atoms with Crippen LogP contribution in [0.2, 0.25) is 0 Å². The van der Waals surface area contributed by atoms with Gasteiger partial charge in [0, 0.05) is 33.4 Å². The molecule has 0 bridgehead atoms. The molecule has 144 valence electrons. The highest BCUT2D eigenvalue weighted by atomic mass is 32.2. The van der Waals surface area contributed by atoms with Gasteiger partial charge >= 0.3 is 5.69 Å². The van der Waals surface area contributed by atoms with Crippen LogP contribution >= 0.6 is 0 Å². The summed E-state index contributed by atoms with van der Waals surface area (Å²) in [6.45, 7) is 0.996. The van der Waals surface area contributed by atoms with Gasteiger partial charge in [0.05, 0.1) is 10.6 Å². The van der Waals surface area contributed by atoms with Crippen LogP contribution in [0.15, 0.2) is 43.7 Å². The molecule has 1 fully saturated rings. The number of aromatic nitrogens is 2. The van der Waals surface area contributed by atoms with Crippen LogP contribution < -0.4 is 11.2 Å². The molecule has 1 aliphatic rings. The Morgan fingerprint density at radius 3 is 2.44 bits per heavy atom. The summed E-state index contributed by atoms with van der Waals surface area (Å²) >= 11 is 0. The van der Waals surface area contributed by atoms with Gasteiger partial charge in [0.2, 0.25) is 15.9 Å². The largest absolute Gasteiger partial charge is 0.494 e. The van der Waals surface area contributed by atoms with Crippen molar-refractivity contribution in [2.75, 3.05) is 13.1 Å². The first kappa shape index (κ1) is 19.1. The SMILES string of the molecule is Cn1c(O)c(C=Nc2cccc(S(=O)(=O)N3CCCC3)c2)c(=O)n(C)c1=O. The van der Waals surface area contributed by atoms with Crippen LogP contribution in [0.25, 0.3) is 0 Å². The molecular formula is C17H20N4O5S. The van der Waals surface area contributed by atoms with Crippen molar-refractivity contribution in [2.45, 2.75) is 17.7 Å².